The molecule has 1 N–H and O–H groups in total. The zero-order valence-corrected chi connectivity index (χ0v) is 13.5. The van der Waals surface area contributed by atoms with Crippen molar-refractivity contribution in [3.8, 4) is 0 Å². The van der Waals surface area contributed by atoms with E-state index in [1.807, 2.05) is 14.0 Å². The van der Waals surface area contributed by atoms with Crippen LogP contribution in [-0.2, 0) is 0 Å². The lowest BCUT2D eigenvalue weighted by molar-refractivity contribution is 0.595. The predicted molar refractivity (Wildman–Crippen MR) is 86.3 cm³/mol. The van der Waals surface area contributed by atoms with E-state index in [1.165, 1.54) is 31.4 Å². The first-order valence-corrected chi connectivity index (χ1v) is 8.30. The molecule has 0 spiro atoms. The Morgan fingerprint density at radius 1 is 1.19 bits per heavy atom. The second-order valence-corrected chi connectivity index (χ2v) is 6.96. The molecule has 0 saturated heterocycles. The summed E-state index contributed by atoms with van der Waals surface area (Å²) in [6, 6.07) is 3.97. The van der Waals surface area contributed by atoms with E-state index in [0.29, 0.717) is 0 Å². The molecule has 1 aromatic carbocycles. The van der Waals surface area contributed by atoms with Gasteiger partial charge < -0.3 is 10.2 Å². The van der Waals surface area contributed by atoms with E-state index < -0.39 is 0 Å². The van der Waals surface area contributed by atoms with Crippen molar-refractivity contribution in [2.45, 2.75) is 45.6 Å². The fourth-order valence-electron chi connectivity index (χ4n) is 2.95. The van der Waals surface area contributed by atoms with Crippen LogP contribution in [0.5, 0.6) is 0 Å². The molecule has 0 radical (unpaired) electrons. The summed E-state index contributed by atoms with van der Waals surface area (Å²) in [6.45, 7) is 6.27. The second-order valence-electron chi connectivity index (χ2n) is 6.96. The van der Waals surface area contributed by atoms with Gasteiger partial charge in [0.25, 0.3) is 0 Å². The summed E-state index contributed by atoms with van der Waals surface area (Å²) in [5.74, 6) is 1.62. The number of anilines is 1. The largest absolute Gasteiger partial charge is 0.371 e. The lowest BCUT2D eigenvalue weighted by atomic mass is 10.0. The van der Waals surface area contributed by atoms with Gasteiger partial charge >= 0.3 is 0 Å². The normalized spacial score (nSPS) is 19.6. The molecule has 2 fully saturated rings. The van der Waals surface area contributed by atoms with Crippen LogP contribution in [0.2, 0.25) is 0 Å². The molecule has 0 bridgehead atoms. The minimum Gasteiger partial charge on any atom is -0.371 e. The third-order valence-electron chi connectivity index (χ3n) is 4.90. The van der Waals surface area contributed by atoms with Gasteiger partial charge in [0.1, 0.15) is 5.82 Å². The molecule has 1 unspecified atom stereocenters. The summed E-state index contributed by atoms with van der Waals surface area (Å²) in [6.07, 6.45) is 5.44. The van der Waals surface area contributed by atoms with Crippen LogP contribution < -0.4 is 10.2 Å². The highest BCUT2D eigenvalue weighted by Gasteiger charge is 2.30. The molecule has 116 valence electrons. The number of halogens is 1. The number of rotatable bonds is 7. The average molecular weight is 290 g/mol. The number of hydrogen-bond donors (Lipinski definition) is 1. The van der Waals surface area contributed by atoms with Gasteiger partial charge in [-0.05, 0) is 81.7 Å². The van der Waals surface area contributed by atoms with Crippen LogP contribution in [-0.4, -0.2) is 20.1 Å². The molecule has 21 heavy (non-hydrogen) atoms. The van der Waals surface area contributed by atoms with E-state index >= 15 is 0 Å². The monoisotopic (exact) mass is 290 g/mol. The molecule has 0 heterocycles. The Morgan fingerprint density at radius 3 is 2.24 bits per heavy atom. The summed E-state index contributed by atoms with van der Waals surface area (Å²) in [7, 11) is 1.94. The molecular weight excluding hydrogens is 263 g/mol. The van der Waals surface area contributed by atoms with Crippen molar-refractivity contribution in [3.05, 3.63) is 29.1 Å². The van der Waals surface area contributed by atoms with Gasteiger partial charge in [-0.25, -0.2) is 4.39 Å². The van der Waals surface area contributed by atoms with Crippen molar-refractivity contribution in [1.29, 1.82) is 0 Å². The summed E-state index contributed by atoms with van der Waals surface area (Å²) in [4.78, 5) is 2.53. The molecule has 3 rings (SSSR count). The molecular formula is C18H27FN2. The highest BCUT2D eigenvalue weighted by Crippen LogP contribution is 2.38. The van der Waals surface area contributed by atoms with E-state index in [1.54, 1.807) is 6.07 Å². The summed E-state index contributed by atoms with van der Waals surface area (Å²) < 4.78 is 14.0. The van der Waals surface area contributed by atoms with E-state index in [-0.39, 0.29) is 11.9 Å². The van der Waals surface area contributed by atoms with Crippen LogP contribution in [0, 0.1) is 24.6 Å². The van der Waals surface area contributed by atoms with Crippen LogP contribution in [0.25, 0.3) is 0 Å². The van der Waals surface area contributed by atoms with Gasteiger partial charge in [-0.15, -0.1) is 0 Å². The molecule has 1 atom stereocenters. The highest BCUT2D eigenvalue weighted by molar-refractivity contribution is 5.57. The Morgan fingerprint density at radius 2 is 1.76 bits per heavy atom. The lowest BCUT2D eigenvalue weighted by Gasteiger charge is -2.30. The van der Waals surface area contributed by atoms with Crippen molar-refractivity contribution in [2.75, 3.05) is 25.0 Å². The van der Waals surface area contributed by atoms with Crippen molar-refractivity contribution >= 4 is 5.69 Å². The number of benzene rings is 1. The molecule has 2 nitrogen and oxygen atoms in total. The van der Waals surface area contributed by atoms with E-state index in [9.17, 15) is 4.39 Å². The van der Waals surface area contributed by atoms with Crippen molar-refractivity contribution in [1.82, 2.24) is 5.32 Å². The zero-order chi connectivity index (χ0) is 15.0. The van der Waals surface area contributed by atoms with Crippen LogP contribution in [0.4, 0.5) is 10.1 Å². The first-order valence-electron chi connectivity index (χ1n) is 8.30. The highest BCUT2D eigenvalue weighted by atomic mass is 19.1. The van der Waals surface area contributed by atoms with Gasteiger partial charge in [0.15, 0.2) is 0 Å². The van der Waals surface area contributed by atoms with Gasteiger partial charge in [0.2, 0.25) is 0 Å². The maximum atomic E-state index is 14.0. The topological polar surface area (TPSA) is 15.3 Å². The van der Waals surface area contributed by atoms with Crippen LogP contribution >= 0.6 is 0 Å². The maximum absolute atomic E-state index is 14.0. The third kappa shape index (κ3) is 3.57. The first-order chi connectivity index (χ1) is 10.1. The SMILES string of the molecule is CNC(C)c1cc(F)c(C)cc1N(CC1CC1)CC1CC1. The molecule has 3 heteroatoms. The van der Waals surface area contributed by atoms with Gasteiger partial charge in [-0.3, -0.25) is 0 Å². The summed E-state index contributed by atoms with van der Waals surface area (Å²) in [5.41, 5.74) is 3.10. The molecule has 2 aliphatic carbocycles. The maximum Gasteiger partial charge on any atom is 0.126 e. The van der Waals surface area contributed by atoms with Gasteiger partial charge in [0, 0.05) is 24.8 Å². The molecule has 0 amide bonds. The number of hydrogen-bond acceptors (Lipinski definition) is 2. The third-order valence-corrected chi connectivity index (χ3v) is 4.90. The predicted octanol–water partition coefficient (Wildman–Crippen LogP) is 4.04. The van der Waals surface area contributed by atoms with Gasteiger partial charge in [0.05, 0.1) is 0 Å². The lowest BCUT2D eigenvalue weighted by Crippen LogP contribution is -2.30. The van der Waals surface area contributed by atoms with E-state index in [4.69, 9.17) is 0 Å². The summed E-state index contributed by atoms with van der Waals surface area (Å²) in [5, 5.41) is 3.27. The Hall–Kier alpha value is -1.09. The van der Waals surface area contributed by atoms with Crippen LogP contribution in [0.3, 0.4) is 0 Å². The van der Waals surface area contributed by atoms with Crippen molar-refractivity contribution in [2.24, 2.45) is 11.8 Å². The molecule has 0 aromatic heterocycles. The second kappa shape index (κ2) is 5.96. The summed E-state index contributed by atoms with van der Waals surface area (Å²) >= 11 is 0. The Labute approximate surface area is 127 Å². The minimum absolute atomic E-state index is 0.0892. The molecule has 1 aromatic rings. The number of nitrogens with zero attached hydrogens (tertiary/aromatic N) is 1. The molecule has 2 aliphatic rings. The molecule has 0 aliphatic heterocycles. The number of aryl methyl sites for hydroxylation is 1. The fraction of sp³-hybridized carbons (Fsp3) is 0.667. The van der Waals surface area contributed by atoms with Gasteiger partial charge in [-0.2, -0.15) is 0 Å². The Kier molecular flexibility index (Phi) is 4.21. The Bertz CT molecular complexity index is 492. The minimum atomic E-state index is -0.0892. The fourth-order valence-corrected chi connectivity index (χ4v) is 2.95. The van der Waals surface area contributed by atoms with E-state index in [0.717, 1.165) is 36.1 Å². The molecule has 2 saturated carbocycles. The average Bonchev–Trinajstić information content (AvgIpc) is 3.35. The first kappa shape index (κ1) is 14.8. The zero-order valence-electron chi connectivity index (χ0n) is 13.5. The van der Waals surface area contributed by atoms with Crippen LogP contribution in [0.1, 0.15) is 49.8 Å². The smallest absolute Gasteiger partial charge is 0.126 e. The van der Waals surface area contributed by atoms with Crippen molar-refractivity contribution in [3.63, 3.8) is 0 Å². The number of nitrogens with one attached hydrogen (secondary N) is 1. The van der Waals surface area contributed by atoms with Crippen molar-refractivity contribution < 1.29 is 4.39 Å². The van der Waals surface area contributed by atoms with Crippen LogP contribution in [0.15, 0.2) is 12.1 Å². The Balaban J connectivity index is 1.92. The quantitative estimate of drug-likeness (QED) is 0.815. The standard InChI is InChI=1S/C18H27FN2/c1-12-8-18(16(9-17(12)19)13(2)20-3)21(10-14-4-5-14)11-15-6-7-15/h8-9,13-15,20H,4-7,10-11H2,1-3H3. The van der Waals surface area contributed by atoms with E-state index in [2.05, 4.69) is 23.2 Å². The van der Waals surface area contributed by atoms with Gasteiger partial charge in [-0.1, -0.05) is 0 Å².